The Morgan fingerprint density at radius 3 is 2.75 bits per heavy atom. The monoisotopic (exact) mass is 387 g/mol. The molecule has 0 bridgehead atoms. The van der Waals surface area contributed by atoms with E-state index in [9.17, 15) is 18.0 Å². The summed E-state index contributed by atoms with van der Waals surface area (Å²) in [6.07, 6.45) is -3.04. The van der Waals surface area contributed by atoms with E-state index < -0.39 is 17.8 Å². The van der Waals surface area contributed by atoms with E-state index in [1.54, 1.807) is 0 Å². The van der Waals surface area contributed by atoms with Crippen molar-refractivity contribution < 1.29 is 22.8 Å². The van der Waals surface area contributed by atoms with Gasteiger partial charge in [0.1, 0.15) is 5.71 Å². The molecule has 1 aromatic heterocycles. The van der Waals surface area contributed by atoms with Crippen molar-refractivity contribution in [2.24, 2.45) is 5.16 Å². The Kier molecular flexibility index (Phi) is 4.54. The molecule has 0 saturated carbocycles. The van der Waals surface area contributed by atoms with Gasteiger partial charge in [0, 0.05) is 16.6 Å². The minimum Gasteiger partial charge on any atom is -0.353 e. The van der Waals surface area contributed by atoms with E-state index in [0.29, 0.717) is 12.1 Å². The smallest absolute Gasteiger partial charge is 0.353 e. The van der Waals surface area contributed by atoms with Gasteiger partial charge in [-0.15, -0.1) is 0 Å². The first-order chi connectivity index (χ1) is 13.4. The first kappa shape index (κ1) is 18.1. The molecule has 1 heterocycles. The zero-order valence-corrected chi connectivity index (χ0v) is 14.6. The van der Waals surface area contributed by atoms with Crippen LogP contribution in [-0.2, 0) is 17.4 Å². The predicted molar refractivity (Wildman–Crippen MR) is 99.3 cm³/mol. The van der Waals surface area contributed by atoms with Gasteiger partial charge in [-0.1, -0.05) is 29.4 Å². The number of H-pyrrole nitrogens is 1. The van der Waals surface area contributed by atoms with Crippen LogP contribution in [0.5, 0.6) is 0 Å². The van der Waals surface area contributed by atoms with Crippen molar-refractivity contribution in [3.63, 3.8) is 0 Å². The van der Waals surface area contributed by atoms with Crippen molar-refractivity contribution in [3.05, 3.63) is 65.4 Å². The predicted octanol–water partition coefficient (Wildman–Crippen LogP) is 5.48. The highest BCUT2D eigenvalue weighted by molar-refractivity contribution is 6.06. The van der Waals surface area contributed by atoms with Crippen LogP contribution in [0.15, 0.2) is 53.7 Å². The van der Waals surface area contributed by atoms with Gasteiger partial charge in [-0.2, -0.15) is 13.2 Å². The summed E-state index contributed by atoms with van der Waals surface area (Å²) in [5, 5.41) is 7.31. The standard InChI is InChI=1S/C20H16F3N3O2/c21-20(22,23)12-5-3-6-13(11-12)24-19(27)28-26-17-10-4-8-15-14-7-1-2-9-16(14)25-18(15)17/h1-3,5-7,9,11,25H,4,8,10H2,(H,24,27)/b26-17-. The van der Waals surface area contributed by atoms with Gasteiger partial charge in [0.2, 0.25) is 0 Å². The molecule has 0 atom stereocenters. The lowest BCUT2D eigenvalue weighted by molar-refractivity contribution is -0.137. The van der Waals surface area contributed by atoms with Crippen molar-refractivity contribution in [2.75, 3.05) is 5.32 Å². The van der Waals surface area contributed by atoms with Gasteiger partial charge in [-0.3, -0.25) is 10.2 Å². The van der Waals surface area contributed by atoms with Crippen molar-refractivity contribution in [1.82, 2.24) is 4.98 Å². The lowest BCUT2D eigenvalue weighted by Gasteiger charge is -2.13. The van der Waals surface area contributed by atoms with Crippen LogP contribution in [-0.4, -0.2) is 16.8 Å². The first-order valence-electron chi connectivity index (χ1n) is 8.74. The summed E-state index contributed by atoms with van der Waals surface area (Å²) in [7, 11) is 0. The third-order valence-corrected chi connectivity index (χ3v) is 4.62. The molecule has 1 amide bonds. The molecule has 28 heavy (non-hydrogen) atoms. The first-order valence-corrected chi connectivity index (χ1v) is 8.74. The maximum Gasteiger partial charge on any atom is 0.437 e. The highest BCUT2D eigenvalue weighted by Gasteiger charge is 2.30. The molecule has 0 aliphatic heterocycles. The molecular weight excluding hydrogens is 371 g/mol. The van der Waals surface area contributed by atoms with Crippen LogP contribution in [0, 0.1) is 0 Å². The Morgan fingerprint density at radius 2 is 1.93 bits per heavy atom. The molecule has 2 aromatic carbocycles. The molecule has 2 N–H and O–H groups in total. The van der Waals surface area contributed by atoms with Crippen molar-refractivity contribution >= 4 is 28.4 Å². The molecule has 4 rings (SSSR count). The second-order valence-corrected chi connectivity index (χ2v) is 6.50. The number of anilines is 1. The average molecular weight is 387 g/mol. The van der Waals surface area contributed by atoms with E-state index in [1.165, 1.54) is 12.1 Å². The number of carbonyl (C=O) groups is 1. The topological polar surface area (TPSA) is 66.5 Å². The fourth-order valence-electron chi connectivity index (χ4n) is 3.37. The summed E-state index contributed by atoms with van der Waals surface area (Å²) >= 11 is 0. The van der Waals surface area contributed by atoms with Crippen LogP contribution in [0.3, 0.4) is 0 Å². The van der Waals surface area contributed by atoms with Crippen LogP contribution in [0.4, 0.5) is 23.7 Å². The summed E-state index contributed by atoms with van der Waals surface area (Å²) in [6, 6.07) is 12.2. The highest BCUT2D eigenvalue weighted by Crippen LogP contribution is 2.31. The van der Waals surface area contributed by atoms with E-state index in [0.717, 1.165) is 47.1 Å². The Morgan fingerprint density at radius 1 is 1.11 bits per heavy atom. The van der Waals surface area contributed by atoms with Crippen LogP contribution in [0.1, 0.15) is 29.7 Å². The summed E-state index contributed by atoms with van der Waals surface area (Å²) in [5.41, 5.74) is 2.68. The summed E-state index contributed by atoms with van der Waals surface area (Å²) in [4.78, 5) is 20.2. The van der Waals surface area contributed by atoms with Crippen LogP contribution in [0.2, 0.25) is 0 Å². The van der Waals surface area contributed by atoms with Crippen molar-refractivity contribution in [1.29, 1.82) is 0 Å². The number of hydrogen-bond acceptors (Lipinski definition) is 3. The molecule has 1 aliphatic carbocycles. The van der Waals surface area contributed by atoms with E-state index in [2.05, 4.69) is 15.5 Å². The van der Waals surface area contributed by atoms with Crippen molar-refractivity contribution in [2.45, 2.75) is 25.4 Å². The SMILES string of the molecule is O=C(Nc1cccc(C(F)(F)F)c1)O/N=C1/CCCc2c1[nH]c1ccccc21. The minimum absolute atomic E-state index is 0.0185. The number of hydrogen-bond donors (Lipinski definition) is 2. The number of para-hydroxylation sites is 1. The number of nitrogens with zero attached hydrogens (tertiary/aromatic N) is 1. The van der Waals surface area contributed by atoms with E-state index in [1.807, 2.05) is 24.3 Å². The van der Waals surface area contributed by atoms with Crippen LogP contribution in [0.25, 0.3) is 10.9 Å². The van der Waals surface area contributed by atoms with Gasteiger partial charge < -0.3 is 4.98 Å². The van der Waals surface area contributed by atoms with E-state index >= 15 is 0 Å². The summed E-state index contributed by atoms with van der Waals surface area (Å²) in [6.45, 7) is 0. The lowest BCUT2D eigenvalue weighted by Crippen LogP contribution is -2.16. The van der Waals surface area contributed by atoms with Gasteiger partial charge in [0.25, 0.3) is 0 Å². The Balaban J connectivity index is 1.50. The second-order valence-electron chi connectivity index (χ2n) is 6.50. The van der Waals surface area contributed by atoms with E-state index in [-0.39, 0.29) is 5.69 Å². The zero-order chi connectivity index (χ0) is 19.7. The van der Waals surface area contributed by atoms with Gasteiger partial charge in [-0.05, 0) is 49.1 Å². The fraction of sp³-hybridized carbons (Fsp3) is 0.200. The van der Waals surface area contributed by atoms with E-state index in [4.69, 9.17) is 4.84 Å². The number of benzene rings is 2. The molecule has 8 heteroatoms. The third kappa shape index (κ3) is 3.58. The number of carbonyl (C=O) groups excluding carboxylic acids is 1. The number of aromatic amines is 1. The van der Waals surface area contributed by atoms with Gasteiger partial charge >= 0.3 is 12.3 Å². The zero-order valence-electron chi connectivity index (χ0n) is 14.6. The number of aryl methyl sites for hydroxylation is 1. The highest BCUT2D eigenvalue weighted by atomic mass is 19.4. The molecule has 144 valence electrons. The Bertz CT molecular complexity index is 1070. The molecule has 1 aliphatic rings. The summed E-state index contributed by atoms with van der Waals surface area (Å²) < 4.78 is 38.3. The molecule has 0 radical (unpaired) electrons. The molecule has 0 saturated heterocycles. The van der Waals surface area contributed by atoms with Gasteiger partial charge in [0.05, 0.1) is 11.3 Å². The number of halogens is 3. The molecular formula is C20H16F3N3O2. The quantitative estimate of drug-likeness (QED) is 0.452. The number of amides is 1. The number of rotatable bonds is 2. The fourth-order valence-corrected chi connectivity index (χ4v) is 3.37. The number of fused-ring (bicyclic) bond motifs is 3. The van der Waals surface area contributed by atoms with Gasteiger partial charge in [-0.25, -0.2) is 4.79 Å². The molecule has 0 fully saturated rings. The Hall–Kier alpha value is -3.29. The Labute approximate surface area is 158 Å². The van der Waals surface area contributed by atoms with Crippen LogP contribution < -0.4 is 5.32 Å². The molecule has 0 spiro atoms. The largest absolute Gasteiger partial charge is 0.437 e. The maximum atomic E-state index is 12.8. The molecule has 0 unspecified atom stereocenters. The maximum absolute atomic E-state index is 12.8. The normalized spacial score (nSPS) is 15.5. The minimum atomic E-state index is -4.49. The number of nitrogens with one attached hydrogen (secondary N) is 2. The average Bonchev–Trinajstić information content (AvgIpc) is 3.05. The second kappa shape index (κ2) is 7.03. The number of oxime groups is 1. The number of aromatic nitrogens is 1. The van der Waals surface area contributed by atoms with Crippen molar-refractivity contribution in [3.8, 4) is 0 Å². The molecule has 5 nitrogen and oxygen atoms in total. The van der Waals surface area contributed by atoms with Crippen LogP contribution >= 0.6 is 0 Å². The third-order valence-electron chi connectivity index (χ3n) is 4.62. The van der Waals surface area contributed by atoms with Gasteiger partial charge in [0.15, 0.2) is 0 Å². The summed E-state index contributed by atoms with van der Waals surface area (Å²) in [5.74, 6) is 0. The number of alkyl halides is 3. The lowest BCUT2D eigenvalue weighted by atomic mass is 9.94. The molecule has 3 aromatic rings.